The third-order valence-electron chi connectivity index (χ3n) is 4.83. The number of hydrogen-bond donors (Lipinski definition) is 1. The average Bonchev–Trinajstić information content (AvgIpc) is 3.19. The van der Waals surface area contributed by atoms with E-state index in [0.717, 1.165) is 25.7 Å². The minimum Gasteiger partial charge on any atom is -0.321 e. The summed E-state index contributed by atoms with van der Waals surface area (Å²) in [5.41, 5.74) is 0.723. The number of sulfonamides is 1. The number of hydrogen-bond acceptors (Lipinski definition) is 3. The molecular weight excluding hydrogens is 407 g/mol. The third kappa shape index (κ3) is 4.29. The maximum Gasteiger partial charge on any atom is 0.255 e. The maximum atomic E-state index is 12.8. The molecule has 1 amide bonds. The molecule has 1 saturated carbocycles. The lowest BCUT2D eigenvalue weighted by Gasteiger charge is -2.23. The van der Waals surface area contributed by atoms with Crippen molar-refractivity contribution in [2.45, 2.75) is 36.6 Å². The molecule has 8 heteroatoms. The minimum absolute atomic E-state index is 0.0444. The van der Waals surface area contributed by atoms with Crippen LogP contribution in [0, 0.1) is 0 Å². The van der Waals surface area contributed by atoms with Gasteiger partial charge in [0.2, 0.25) is 10.0 Å². The molecule has 1 aliphatic rings. The molecular formula is C19H20Cl2N2O3S. The second-order valence-electron chi connectivity index (χ2n) is 6.54. The Morgan fingerprint density at radius 2 is 1.70 bits per heavy atom. The van der Waals surface area contributed by atoms with Crippen LogP contribution < -0.4 is 5.32 Å². The van der Waals surface area contributed by atoms with Crippen LogP contribution in [0.1, 0.15) is 36.0 Å². The van der Waals surface area contributed by atoms with Crippen LogP contribution in [0.2, 0.25) is 10.0 Å². The molecule has 2 aromatic rings. The van der Waals surface area contributed by atoms with Crippen molar-refractivity contribution in [1.29, 1.82) is 0 Å². The number of nitrogens with one attached hydrogen (secondary N) is 1. The highest BCUT2D eigenvalue weighted by Crippen LogP contribution is 2.30. The largest absolute Gasteiger partial charge is 0.321 e. The van der Waals surface area contributed by atoms with Gasteiger partial charge >= 0.3 is 0 Å². The van der Waals surface area contributed by atoms with E-state index in [9.17, 15) is 13.2 Å². The van der Waals surface area contributed by atoms with Crippen molar-refractivity contribution in [2.75, 3.05) is 12.4 Å². The topological polar surface area (TPSA) is 66.5 Å². The Bertz CT molecular complexity index is 940. The van der Waals surface area contributed by atoms with E-state index in [1.165, 1.54) is 28.6 Å². The van der Waals surface area contributed by atoms with Crippen LogP contribution in [-0.2, 0) is 10.0 Å². The predicted octanol–water partition coefficient (Wildman–Crippen LogP) is 4.81. The number of carbonyl (C=O) groups excluding carboxylic acids is 1. The van der Waals surface area contributed by atoms with Crippen LogP contribution in [0.4, 0.5) is 5.69 Å². The van der Waals surface area contributed by atoms with Crippen LogP contribution in [0.5, 0.6) is 0 Å². The second-order valence-corrected chi connectivity index (χ2v) is 9.32. The Morgan fingerprint density at radius 3 is 2.33 bits per heavy atom. The fourth-order valence-corrected chi connectivity index (χ4v) is 4.97. The molecule has 5 nitrogen and oxygen atoms in total. The molecule has 27 heavy (non-hydrogen) atoms. The highest BCUT2D eigenvalue weighted by molar-refractivity contribution is 7.89. The molecule has 1 aliphatic carbocycles. The van der Waals surface area contributed by atoms with Gasteiger partial charge in [0.25, 0.3) is 5.91 Å². The number of benzene rings is 2. The molecule has 0 bridgehead atoms. The van der Waals surface area contributed by atoms with Gasteiger partial charge in [-0.1, -0.05) is 42.1 Å². The Kier molecular flexibility index (Phi) is 6.11. The third-order valence-corrected chi connectivity index (χ3v) is 7.58. The van der Waals surface area contributed by atoms with Crippen molar-refractivity contribution < 1.29 is 13.2 Å². The van der Waals surface area contributed by atoms with Crippen LogP contribution in [0.15, 0.2) is 47.4 Å². The predicted molar refractivity (Wildman–Crippen MR) is 108 cm³/mol. The number of anilines is 1. The highest BCUT2D eigenvalue weighted by Gasteiger charge is 2.30. The van der Waals surface area contributed by atoms with Gasteiger partial charge in [-0.05, 0) is 49.2 Å². The van der Waals surface area contributed by atoms with Crippen molar-refractivity contribution in [3.8, 4) is 0 Å². The lowest BCUT2D eigenvalue weighted by molar-refractivity contribution is 0.102. The van der Waals surface area contributed by atoms with E-state index in [4.69, 9.17) is 23.2 Å². The zero-order valence-electron chi connectivity index (χ0n) is 14.8. The van der Waals surface area contributed by atoms with Gasteiger partial charge in [-0.25, -0.2) is 8.42 Å². The fourth-order valence-electron chi connectivity index (χ4n) is 3.20. The van der Waals surface area contributed by atoms with Crippen LogP contribution in [0.25, 0.3) is 0 Å². The Labute approximate surface area is 169 Å². The molecule has 0 radical (unpaired) electrons. The molecule has 0 heterocycles. The molecule has 0 aliphatic heterocycles. The van der Waals surface area contributed by atoms with Crippen LogP contribution in [-0.4, -0.2) is 31.7 Å². The standard InChI is InChI=1S/C19H20Cl2N2O3S/c1-23(14-5-2-3-6-14)27(25,26)15-11-9-13(10-12-15)19(24)22-17-8-4-7-16(20)18(17)21/h4,7-12,14H,2-3,5-6H2,1H3,(H,22,24). The molecule has 1 fully saturated rings. The monoisotopic (exact) mass is 426 g/mol. The number of rotatable bonds is 5. The number of amides is 1. The first-order chi connectivity index (χ1) is 12.8. The highest BCUT2D eigenvalue weighted by atomic mass is 35.5. The molecule has 0 saturated heterocycles. The summed E-state index contributed by atoms with van der Waals surface area (Å²) in [6.07, 6.45) is 3.87. The van der Waals surface area contributed by atoms with E-state index >= 15 is 0 Å². The minimum atomic E-state index is -3.57. The smallest absolute Gasteiger partial charge is 0.255 e. The molecule has 0 unspecified atom stereocenters. The SMILES string of the molecule is CN(C1CCCC1)S(=O)(=O)c1ccc(C(=O)Nc2cccc(Cl)c2Cl)cc1. The summed E-state index contributed by atoms with van der Waals surface area (Å²) in [6.45, 7) is 0. The summed E-state index contributed by atoms with van der Waals surface area (Å²) < 4.78 is 27.0. The quantitative estimate of drug-likeness (QED) is 0.745. The summed E-state index contributed by atoms with van der Waals surface area (Å²) in [5.74, 6) is -0.396. The molecule has 3 rings (SSSR count). The van der Waals surface area contributed by atoms with E-state index in [0.29, 0.717) is 16.3 Å². The van der Waals surface area contributed by atoms with Crippen molar-refractivity contribution in [2.24, 2.45) is 0 Å². The molecule has 0 spiro atoms. The van der Waals surface area contributed by atoms with Gasteiger partial charge in [-0.15, -0.1) is 0 Å². The lowest BCUT2D eigenvalue weighted by atomic mass is 10.2. The lowest BCUT2D eigenvalue weighted by Crippen LogP contribution is -2.35. The maximum absolute atomic E-state index is 12.8. The van der Waals surface area contributed by atoms with Gasteiger partial charge < -0.3 is 5.32 Å². The molecule has 0 atom stereocenters. The molecule has 1 N–H and O–H groups in total. The summed E-state index contributed by atoms with van der Waals surface area (Å²) in [4.78, 5) is 12.6. The summed E-state index contributed by atoms with van der Waals surface area (Å²) in [6, 6.07) is 10.9. The van der Waals surface area contributed by atoms with Crippen LogP contribution >= 0.6 is 23.2 Å². The van der Waals surface area contributed by atoms with Gasteiger partial charge in [0.1, 0.15) is 0 Å². The van der Waals surface area contributed by atoms with Gasteiger partial charge in [0.05, 0.1) is 20.6 Å². The molecule has 2 aromatic carbocycles. The van der Waals surface area contributed by atoms with E-state index in [1.54, 1.807) is 25.2 Å². The molecule has 144 valence electrons. The zero-order valence-corrected chi connectivity index (χ0v) is 17.1. The average molecular weight is 427 g/mol. The van der Waals surface area contributed by atoms with Gasteiger partial charge in [0, 0.05) is 18.7 Å². The second kappa shape index (κ2) is 8.19. The Morgan fingerprint density at radius 1 is 1.07 bits per heavy atom. The van der Waals surface area contributed by atoms with Crippen molar-refractivity contribution in [1.82, 2.24) is 4.31 Å². The Balaban J connectivity index is 1.76. The first kappa shape index (κ1) is 20.1. The van der Waals surface area contributed by atoms with E-state index < -0.39 is 15.9 Å². The van der Waals surface area contributed by atoms with E-state index in [1.807, 2.05) is 0 Å². The first-order valence-corrected chi connectivity index (χ1v) is 10.8. The van der Waals surface area contributed by atoms with E-state index in [-0.39, 0.29) is 16.0 Å². The van der Waals surface area contributed by atoms with Crippen molar-refractivity contribution in [3.05, 3.63) is 58.1 Å². The summed E-state index contributed by atoms with van der Waals surface area (Å²) in [5, 5.41) is 3.27. The summed E-state index contributed by atoms with van der Waals surface area (Å²) in [7, 11) is -1.95. The molecule has 0 aromatic heterocycles. The Hall–Kier alpha value is -1.60. The first-order valence-electron chi connectivity index (χ1n) is 8.64. The fraction of sp³-hybridized carbons (Fsp3) is 0.316. The normalized spacial score (nSPS) is 15.3. The zero-order chi connectivity index (χ0) is 19.6. The van der Waals surface area contributed by atoms with Gasteiger partial charge in [0.15, 0.2) is 0 Å². The summed E-state index contributed by atoms with van der Waals surface area (Å²) >= 11 is 12.0. The van der Waals surface area contributed by atoms with Crippen molar-refractivity contribution >= 4 is 44.8 Å². The van der Waals surface area contributed by atoms with Crippen LogP contribution in [0.3, 0.4) is 0 Å². The number of halogens is 2. The van der Waals surface area contributed by atoms with Gasteiger partial charge in [-0.3, -0.25) is 4.79 Å². The number of carbonyl (C=O) groups is 1. The van der Waals surface area contributed by atoms with Crippen molar-refractivity contribution in [3.63, 3.8) is 0 Å². The van der Waals surface area contributed by atoms with E-state index in [2.05, 4.69) is 5.32 Å². The van der Waals surface area contributed by atoms with Gasteiger partial charge in [-0.2, -0.15) is 4.31 Å². The number of nitrogens with zero attached hydrogens (tertiary/aromatic N) is 1.